The average molecular weight is 277 g/mol. The highest BCUT2D eigenvalue weighted by atomic mass is 32.2. The number of thioether (sulfide) groups is 1. The van der Waals surface area contributed by atoms with Crippen molar-refractivity contribution < 1.29 is 4.39 Å². The summed E-state index contributed by atoms with van der Waals surface area (Å²) in [6, 6.07) is 7.91. The number of nitrogens with one attached hydrogen (secondary N) is 1. The molecule has 0 saturated carbocycles. The molecule has 1 aromatic carbocycles. The van der Waals surface area contributed by atoms with Crippen molar-refractivity contribution in [3.8, 4) is 0 Å². The van der Waals surface area contributed by atoms with Gasteiger partial charge in [-0.05, 0) is 31.7 Å². The fourth-order valence-electron chi connectivity index (χ4n) is 1.72. The van der Waals surface area contributed by atoms with Crippen molar-refractivity contribution in [1.82, 2.24) is 9.97 Å². The zero-order valence-corrected chi connectivity index (χ0v) is 12.0. The zero-order chi connectivity index (χ0) is 13.8. The fourth-order valence-corrected chi connectivity index (χ4v) is 2.07. The molecule has 0 atom stereocenters. The van der Waals surface area contributed by atoms with Gasteiger partial charge in [-0.15, -0.1) is 0 Å². The first-order valence-electron chi connectivity index (χ1n) is 6.08. The summed E-state index contributed by atoms with van der Waals surface area (Å²) >= 11 is 1.33. The van der Waals surface area contributed by atoms with Gasteiger partial charge in [0.2, 0.25) is 5.95 Å². The first-order valence-corrected chi connectivity index (χ1v) is 7.30. The molecule has 0 unspecified atom stereocenters. The molecule has 0 aliphatic carbocycles. The Labute approximate surface area is 116 Å². The molecule has 0 radical (unpaired) electrons. The summed E-state index contributed by atoms with van der Waals surface area (Å²) in [5, 5.41) is 3.60. The Morgan fingerprint density at radius 3 is 2.47 bits per heavy atom. The van der Waals surface area contributed by atoms with Crippen LogP contribution in [0.2, 0.25) is 0 Å². The summed E-state index contributed by atoms with van der Waals surface area (Å²) in [6.07, 6.45) is 2.38. The van der Waals surface area contributed by atoms with Crippen LogP contribution in [-0.4, -0.2) is 16.2 Å². The van der Waals surface area contributed by atoms with E-state index in [2.05, 4.69) is 15.3 Å². The van der Waals surface area contributed by atoms with Crippen LogP contribution in [0.4, 0.5) is 15.9 Å². The van der Waals surface area contributed by atoms with Crippen LogP contribution in [0.3, 0.4) is 0 Å². The van der Waals surface area contributed by atoms with E-state index >= 15 is 0 Å². The second-order valence-corrected chi connectivity index (χ2v) is 4.95. The highest BCUT2D eigenvalue weighted by Gasteiger charge is 2.12. The summed E-state index contributed by atoms with van der Waals surface area (Å²) in [5.41, 5.74) is 2.59. The van der Waals surface area contributed by atoms with Crippen LogP contribution in [0, 0.1) is 12.9 Å². The Hall–Kier alpha value is -1.62. The van der Waals surface area contributed by atoms with Crippen molar-refractivity contribution in [1.29, 1.82) is 0 Å². The molecule has 2 rings (SSSR count). The Morgan fingerprint density at radius 1 is 1.21 bits per heavy atom. The summed E-state index contributed by atoms with van der Waals surface area (Å²) in [7, 11) is 0. The maximum atomic E-state index is 13.9. The highest BCUT2D eigenvalue weighted by molar-refractivity contribution is 7.98. The van der Waals surface area contributed by atoms with Gasteiger partial charge in [0.1, 0.15) is 5.82 Å². The van der Waals surface area contributed by atoms with Crippen molar-refractivity contribution in [2.24, 2.45) is 0 Å². The third-order valence-corrected chi connectivity index (χ3v) is 3.33. The molecule has 1 N–H and O–H groups in total. The normalized spacial score (nSPS) is 10.5. The van der Waals surface area contributed by atoms with Gasteiger partial charge in [0, 0.05) is 11.3 Å². The molecule has 100 valence electrons. The maximum absolute atomic E-state index is 13.9. The largest absolute Gasteiger partial charge is 0.340 e. The minimum Gasteiger partial charge on any atom is -0.340 e. The van der Waals surface area contributed by atoms with Gasteiger partial charge >= 0.3 is 0 Å². The number of nitrogens with zero attached hydrogens (tertiary/aromatic N) is 2. The molecule has 19 heavy (non-hydrogen) atoms. The van der Waals surface area contributed by atoms with Gasteiger partial charge in [-0.3, -0.25) is 0 Å². The number of rotatable bonds is 4. The molecule has 3 nitrogen and oxygen atoms in total. The van der Waals surface area contributed by atoms with Gasteiger partial charge in [-0.1, -0.05) is 36.4 Å². The Morgan fingerprint density at radius 2 is 1.89 bits per heavy atom. The lowest BCUT2D eigenvalue weighted by Gasteiger charge is -2.11. The van der Waals surface area contributed by atoms with E-state index in [4.69, 9.17) is 0 Å². The number of anilines is 2. The lowest BCUT2D eigenvalue weighted by Crippen LogP contribution is -2.05. The van der Waals surface area contributed by atoms with Crippen molar-refractivity contribution >= 4 is 23.3 Å². The molecule has 0 bridgehead atoms. The van der Waals surface area contributed by atoms with Gasteiger partial charge in [0.15, 0.2) is 5.16 Å². The van der Waals surface area contributed by atoms with E-state index < -0.39 is 5.95 Å². The zero-order valence-electron chi connectivity index (χ0n) is 11.2. The predicted octanol–water partition coefficient (Wildman–Crippen LogP) is 3.95. The lowest BCUT2D eigenvalue weighted by atomic mass is 10.2. The number of halogens is 1. The molecule has 0 saturated heterocycles. The Kier molecular flexibility index (Phi) is 4.37. The Balaban J connectivity index is 2.37. The summed E-state index contributed by atoms with van der Waals surface area (Å²) in [5.74, 6) is 0.0969. The topological polar surface area (TPSA) is 37.8 Å². The third-order valence-electron chi connectivity index (χ3n) is 2.79. The minimum atomic E-state index is -0.448. The van der Waals surface area contributed by atoms with Crippen LogP contribution in [0.25, 0.3) is 0 Å². The van der Waals surface area contributed by atoms with Crippen LogP contribution in [0.5, 0.6) is 0 Å². The van der Waals surface area contributed by atoms with Crippen molar-refractivity contribution in [2.45, 2.75) is 25.4 Å². The number of aryl methyl sites for hydroxylation is 1. The molecule has 1 heterocycles. The molecular formula is C14H16FN3S. The van der Waals surface area contributed by atoms with Crippen LogP contribution in [0.1, 0.15) is 18.1 Å². The van der Waals surface area contributed by atoms with Gasteiger partial charge in [-0.25, -0.2) is 4.98 Å². The highest BCUT2D eigenvalue weighted by Crippen LogP contribution is 2.23. The molecule has 1 aromatic heterocycles. The SMILES string of the molecule is CCc1c(F)nc(SC)nc1Nc1ccc(C)cc1. The summed E-state index contributed by atoms with van der Waals surface area (Å²) in [4.78, 5) is 8.17. The van der Waals surface area contributed by atoms with Gasteiger partial charge in [0.25, 0.3) is 0 Å². The van der Waals surface area contributed by atoms with Crippen molar-refractivity contribution in [3.05, 3.63) is 41.3 Å². The van der Waals surface area contributed by atoms with E-state index in [1.165, 1.54) is 17.3 Å². The molecule has 5 heteroatoms. The molecule has 0 amide bonds. The number of hydrogen-bond donors (Lipinski definition) is 1. The first kappa shape index (κ1) is 13.8. The minimum absolute atomic E-state index is 0.435. The van der Waals surface area contributed by atoms with E-state index in [9.17, 15) is 4.39 Å². The van der Waals surface area contributed by atoms with Crippen LogP contribution in [-0.2, 0) is 6.42 Å². The standard InChI is InChI=1S/C14H16FN3S/c1-4-11-12(15)17-14(19-3)18-13(11)16-10-7-5-9(2)6-8-10/h5-8H,4H2,1-3H3,(H,16,17,18). The van der Waals surface area contributed by atoms with E-state index in [0.717, 1.165) is 5.69 Å². The van der Waals surface area contributed by atoms with Gasteiger partial charge < -0.3 is 5.32 Å². The number of benzene rings is 1. The third kappa shape index (κ3) is 3.23. The lowest BCUT2D eigenvalue weighted by molar-refractivity contribution is 0.549. The van der Waals surface area contributed by atoms with E-state index in [1.54, 1.807) is 0 Å². The molecule has 0 fully saturated rings. The molecule has 0 spiro atoms. The summed E-state index contributed by atoms with van der Waals surface area (Å²) in [6.45, 7) is 3.91. The molecule has 2 aromatic rings. The second kappa shape index (κ2) is 6.02. The fraction of sp³-hybridized carbons (Fsp3) is 0.286. The molecule has 0 aliphatic rings. The van der Waals surface area contributed by atoms with Crippen molar-refractivity contribution in [2.75, 3.05) is 11.6 Å². The average Bonchev–Trinajstić information content (AvgIpc) is 2.41. The van der Waals surface area contributed by atoms with Crippen LogP contribution < -0.4 is 5.32 Å². The van der Waals surface area contributed by atoms with Crippen LogP contribution in [0.15, 0.2) is 29.4 Å². The first-order chi connectivity index (χ1) is 9.13. The molecular weight excluding hydrogens is 261 g/mol. The van der Waals surface area contributed by atoms with Gasteiger partial charge in [0.05, 0.1) is 0 Å². The number of hydrogen-bond acceptors (Lipinski definition) is 4. The maximum Gasteiger partial charge on any atom is 0.222 e. The predicted molar refractivity (Wildman–Crippen MR) is 77.6 cm³/mol. The smallest absolute Gasteiger partial charge is 0.222 e. The number of aromatic nitrogens is 2. The van der Waals surface area contributed by atoms with E-state index in [0.29, 0.717) is 23.0 Å². The quantitative estimate of drug-likeness (QED) is 0.521. The second-order valence-electron chi connectivity index (χ2n) is 4.17. The Bertz CT molecular complexity index is 570. The monoisotopic (exact) mass is 277 g/mol. The van der Waals surface area contributed by atoms with E-state index in [-0.39, 0.29) is 0 Å². The van der Waals surface area contributed by atoms with Crippen LogP contribution >= 0.6 is 11.8 Å². The van der Waals surface area contributed by atoms with Gasteiger partial charge in [-0.2, -0.15) is 9.37 Å². The molecule has 0 aliphatic heterocycles. The summed E-state index contributed by atoms with van der Waals surface area (Å²) < 4.78 is 13.9. The van der Waals surface area contributed by atoms with Crippen molar-refractivity contribution in [3.63, 3.8) is 0 Å². The van der Waals surface area contributed by atoms with E-state index in [1.807, 2.05) is 44.4 Å².